The molecule has 1 aliphatic rings. The molecule has 0 spiro atoms. The molecule has 2 amide bonds. The number of anilines is 1. The predicted molar refractivity (Wildman–Crippen MR) is 141 cm³/mol. The molecule has 1 heterocycles. The van der Waals surface area contributed by atoms with Crippen LogP contribution in [-0.2, 0) is 4.79 Å². The van der Waals surface area contributed by atoms with E-state index in [1.165, 1.54) is 4.90 Å². The van der Waals surface area contributed by atoms with E-state index in [0.29, 0.717) is 23.6 Å². The fourth-order valence-corrected chi connectivity index (χ4v) is 5.37. The van der Waals surface area contributed by atoms with E-state index < -0.39 is 11.9 Å². The third-order valence-electron chi connectivity index (χ3n) is 6.11. The Morgan fingerprint density at radius 3 is 2.43 bits per heavy atom. The minimum absolute atomic E-state index is 0.0227. The standard InChI is InChI=1S/C26H27Cl2N3O3S/c1-3-34-19-14-12-17(13-15-19)23(25(32)29-18-9-5-6-10-18)31(20-11-7-4-8-16(20)2)26(33)22-21(27)24(28)35-30-22/h4,7-8,11-15,18,23H,3,5-6,9-10H2,1-2H3,(H,29,32). The Kier molecular flexibility index (Phi) is 8.31. The van der Waals surface area contributed by atoms with Crippen molar-refractivity contribution in [2.75, 3.05) is 11.5 Å². The van der Waals surface area contributed by atoms with E-state index in [1.54, 1.807) is 0 Å². The van der Waals surface area contributed by atoms with Gasteiger partial charge in [0.05, 0.1) is 6.61 Å². The van der Waals surface area contributed by atoms with E-state index >= 15 is 0 Å². The van der Waals surface area contributed by atoms with Crippen molar-refractivity contribution in [2.24, 2.45) is 0 Å². The van der Waals surface area contributed by atoms with Crippen LogP contribution in [0.15, 0.2) is 48.5 Å². The summed E-state index contributed by atoms with van der Waals surface area (Å²) >= 11 is 13.4. The molecule has 1 unspecified atom stereocenters. The van der Waals surface area contributed by atoms with Crippen LogP contribution in [0.2, 0.25) is 9.36 Å². The lowest BCUT2D eigenvalue weighted by atomic mass is 10.0. The summed E-state index contributed by atoms with van der Waals surface area (Å²) in [5, 5.41) is 3.26. The molecule has 1 aromatic heterocycles. The van der Waals surface area contributed by atoms with Gasteiger partial charge in [0.1, 0.15) is 21.2 Å². The lowest BCUT2D eigenvalue weighted by Crippen LogP contribution is -2.46. The smallest absolute Gasteiger partial charge is 0.280 e. The molecule has 9 heteroatoms. The molecule has 1 saturated carbocycles. The Morgan fingerprint density at radius 1 is 1.14 bits per heavy atom. The molecule has 1 atom stereocenters. The number of rotatable bonds is 8. The molecule has 1 fully saturated rings. The first-order valence-electron chi connectivity index (χ1n) is 11.6. The number of benzene rings is 2. The van der Waals surface area contributed by atoms with Gasteiger partial charge < -0.3 is 10.1 Å². The number of aromatic nitrogens is 1. The van der Waals surface area contributed by atoms with Gasteiger partial charge >= 0.3 is 0 Å². The van der Waals surface area contributed by atoms with Crippen LogP contribution in [0.25, 0.3) is 0 Å². The summed E-state index contributed by atoms with van der Waals surface area (Å²) in [4.78, 5) is 29.3. The fraction of sp³-hybridized carbons (Fsp3) is 0.346. The van der Waals surface area contributed by atoms with Gasteiger partial charge in [0.2, 0.25) is 5.91 Å². The number of nitrogens with one attached hydrogen (secondary N) is 1. The van der Waals surface area contributed by atoms with Gasteiger partial charge in [-0.2, -0.15) is 4.37 Å². The Labute approximate surface area is 219 Å². The van der Waals surface area contributed by atoms with Crippen molar-refractivity contribution >= 4 is 52.2 Å². The third-order valence-corrected chi connectivity index (χ3v) is 7.72. The summed E-state index contributed by atoms with van der Waals surface area (Å²) in [6.07, 6.45) is 4.00. The second-order valence-electron chi connectivity index (χ2n) is 8.48. The highest BCUT2D eigenvalue weighted by molar-refractivity contribution is 7.11. The van der Waals surface area contributed by atoms with E-state index in [9.17, 15) is 9.59 Å². The molecule has 4 rings (SSSR count). The van der Waals surface area contributed by atoms with Crippen LogP contribution in [-0.4, -0.2) is 28.8 Å². The molecule has 1 N–H and O–H groups in total. The highest BCUT2D eigenvalue weighted by atomic mass is 35.5. The maximum absolute atomic E-state index is 14.0. The lowest BCUT2D eigenvalue weighted by molar-refractivity contribution is -0.123. The quantitative estimate of drug-likeness (QED) is 0.355. The molecule has 184 valence electrons. The molecule has 2 aromatic carbocycles. The topological polar surface area (TPSA) is 71.5 Å². The Bertz CT molecular complexity index is 1190. The monoisotopic (exact) mass is 531 g/mol. The summed E-state index contributed by atoms with van der Waals surface area (Å²) in [6.45, 7) is 4.34. The third kappa shape index (κ3) is 5.63. The van der Waals surface area contributed by atoms with Crippen LogP contribution in [0.5, 0.6) is 5.75 Å². The van der Waals surface area contributed by atoms with Crippen LogP contribution in [0.1, 0.15) is 60.3 Å². The molecule has 0 aliphatic heterocycles. The zero-order chi connectivity index (χ0) is 24.9. The van der Waals surface area contributed by atoms with Gasteiger partial charge in [-0.1, -0.05) is 66.4 Å². The molecular formula is C26H27Cl2N3O3S. The van der Waals surface area contributed by atoms with Crippen molar-refractivity contribution in [3.63, 3.8) is 0 Å². The summed E-state index contributed by atoms with van der Waals surface area (Å²) < 4.78 is 10.0. The number of carbonyl (C=O) groups excluding carboxylic acids is 2. The molecule has 0 bridgehead atoms. The van der Waals surface area contributed by atoms with Gasteiger partial charge in [0.15, 0.2) is 5.69 Å². The van der Waals surface area contributed by atoms with Crippen molar-refractivity contribution in [2.45, 2.75) is 51.6 Å². The van der Waals surface area contributed by atoms with E-state index in [0.717, 1.165) is 42.8 Å². The van der Waals surface area contributed by atoms with Crippen LogP contribution in [0.3, 0.4) is 0 Å². The average molecular weight is 532 g/mol. The number of para-hydroxylation sites is 1. The number of hydrogen-bond donors (Lipinski definition) is 1. The summed E-state index contributed by atoms with van der Waals surface area (Å²) in [6, 6.07) is 13.8. The van der Waals surface area contributed by atoms with Gasteiger partial charge in [0.25, 0.3) is 5.91 Å². The number of ether oxygens (including phenoxy) is 1. The number of carbonyl (C=O) groups is 2. The van der Waals surface area contributed by atoms with Crippen LogP contribution >= 0.6 is 34.7 Å². The van der Waals surface area contributed by atoms with E-state index in [4.69, 9.17) is 27.9 Å². The average Bonchev–Trinajstić information content (AvgIpc) is 3.48. The predicted octanol–water partition coefficient (Wildman–Crippen LogP) is 6.60. The van der Waals surface area contributed by atoms with Crippen molar-refractivity contribution in [1.82, 2.24) is 9.69 Å². The molecule has 6 nitrogen and oxygen atoms in total. The van der Waals surface area contributed by atoms with Gasteiger partial charge in [-0.25, -0.2) is 0 Å². The minimum atomic E-state index is -0.948. The summed E-state index contributed by atoms with van der Waals surface area (Å²) in [5.41, 5.74) is 2.11. The van der Waals surface area contributed by atoms with Crippen molar-refractivity contribution in [1.29, 1.82) is 0 Å². The minimum Gasteiger partial charge on any atom is -0.494 e. The highest BCUT2D eigenvalue weighted by Gasteiger charge is 2.37. The first kappa shape index (κ1) is 25.5. The molecular weight excluding hydrogens is 505 g/mol. The molecule has 3 aromatic rings. The van der Waals surface area contributed by atoms with Crippen LogP contribution in [0, 0.1) is 6.92 Å². The Hall–Kier alpha value is -2.61. The van der Waals surface area contributed by atoms with E-state index in [-0.39, 0.29) is 27.0 Å². The van der Waals surface area contributed by atoms with Crippen molar-refractivity contribution < 1.29 is 14.3 Å². The molecule has 0 saturated heterocycles. The van der Waals surface area contributed by atoms with Gasteiger partial charge in [-0.15, -0.1) is 0 Å². The van der Waals surface area contributed by atoms with Crippen LogP contribution in [0.4, 0.5) is 5.69 Å². The molecule has 0 radical (unpaired) electrons. The first-order valence-corrected chi connectivity index (χ1v) is 13.2. The number of hydrogen-bond acceptors (Lipinski definition) is 5. The number of amides is 2. The molecule has 35 heavy (non-hydrogen) atoms. The number of halogens is 2. The second kappa shape index (κ2) is 11.4. The Morgan fingerprint density at radius 2 is 1.83 bits per heavy atom. The van der Waals surface area contributed by atoms with Crippen molar-refractivity contribution in [3.8, 4) is 5.75 Å². The SMILES string of the molecule is CCOc1ccc(C(C(=O)NC2CCCC2)N(C(=O)c2nsc(Cl)c2Cl)c2ccccc2C)cc1. The second-order valence-corrected chi connectivity index (χ2v) is 10.2. The maximum atomic E-state index is 14.0. The largest absolute Gasteiger partial charge is 0.494 e. The number of nitrogens with zero attached hydrogens (tertiary/aromatic N) is 2. The normalized spacial score (nSPS) is 14.5. The summed E-state index contributed by atoms with van der Waals surface area (Å²) in [5.74, 6) is -0.0580. The first-order chi connectivity index (χ1) is 16.9. The molecule has 1 aliphatic carbocycles. The van der Waals surface area contributed by atoms with Crippen LogP contribution < -0.4 is 15.0 Å². The zero-order valence-corrected chi connectivity index (χ0v) is 21.9. The highest BCUT2D eigenvalue weighted by Crippen LogP contribution is 2.36. The zero-order valence-electron chi connectivity index (χ0n) is 19.6. The van der Waals surface area contributed by atoms with E-state index in [2.05, 4.69) is 9.69 Å². The van der Waals surface area contributed by atoms with E-state index in [1.807, 2.05) is 62.4 Å². The van der Waals surface area contributed by atoms with Gasteiger partial charge in [0, 0.05) is 11.7 Å². The number of aryl methyl sites for hydroxylation is 1. The fourth-order valence-electron chi connectivity index (χ4n) is 4.39. The Balaban J connectivity index is 1.84. The van der Waals surface area contributed by atoms with Gasteiger partial charge in [-0.3, -0.25) is 14.5 Å². The maximum Gasteiger partial charge on any atom is 0.280 e. The summed E-state index contributed by atoms with van der Waals surface area (Å²) in [7, 11) is 0. The van der Waals surface area contributed by atoms with Gasteiger partial charge in [-0.05, 0) is 67.5 Å². The van der Waals surface area contributed by atoms with Crippen molar-refractivity contribution in [3.05, 3.63) is 74.7 Å². The lowest BCUT2D eigenvalue weighted by Gasteiger charge is -2.33.